The molecule has 1 N–H and O–H groups in total. The Kier molecular flexibility index (Phi) is 3.86. The van der Waals surface area contributed by atoms with Crippen molar-refractivity contribution in [1.82, 2.24) is 5.32 Å². The van der Waals surface area contributed by atoms with E-state index in [0.29, 0.717) is 0 Å². The van der Waals surface area contributed by atoms with Crippen LogP contribution in [0.3, 0.4) is 0 Å². The number of halogens is 6. The van der Waals surface area contributed by atoms with Gasteiger partial charge in [0.05, 0.1) is 5.56 Å². The van der Waals surface area contributed by atoms with E-state index in [1.165, 1.54) is 6.07 Å². The lowest BCUT2D eigenvalue weighted by atomic mass is 10.1. The molecule has 20 heavy (non-hydrogen) atoms. The quantitative estimate of drug-likeness (QED) is 0.802. The second kappa shape index (κ2) is 5.16. The molecule has 1 fully saturated rings. The molecule has 0 bridgehead atoms. The molecule has 8 heteroatoms. The van der Waals surface area contributed by atoms with Crippen molar-refractivity contribution in [2.24, 2.45) is 0 Å². The number of piperazine rings is 1. The predicted octanol–water partition coefficient (Wildman–Crippen LogP) is 3.05. The highest BCUT2D eigenvalue weighted by molar-refractivity contribution is 5.56. The molecule has 1 aliphatic heterocycles. The Hall–Kier alpha value is -1.44. The molecular formula is C12H12F6N2. The molecule has 0 spiro atoms. The summed E-state index contributed by atoms with van der Waals surface area (Å²) in [4.78, 5) is 0.777. The summed E-state index contributed by atoms with van der Waals surface area (Å²) in [7, 11) is 0. The first-order valence-electron chi connectivity index (χ1n) is 5.91. The van der Waals surface area contributed by atoms with Crippen LogP contribution >= 0.6 is 0 Å². The van der Waals surface area contributed by atoms with Gasteiger partial charge in [0.2, 0.25) is 0 Å². The minimum Gasteiger partial charge on any atom is -0.357 e. The smallest absolute Gasteiger partial charge is 0.357 e. The Balaban J connectivity index is 2.43. The maximum Gasteiger partial charge on any atom is 0.418 e. The zero-order valence-corrected chi connectivity index (χ0v) is 10.2. The molecule has 2 rings (SSSR count). The average Bonchev–Trinajstić information content (AvgIpc) is 2.37. The minimum atomic E-state index is -4.68. The Morgan fingerprint density at radius 3 is 2.30 bits per heavy atom. The van der Waals surface area contributed by atoms with Gasteiger partial charge >= 0.3 is 12.4 Å². The molecule has 1 aromatic carbocycles. The first-order valence-corrected chi connectivity index (χ1v) is 5.91. The Morgan fingerprint density at radius 1 is 1.05 bits per heavy atom. The highest BCUT2D eigenvalue weighted by atomic mass is 19.4. The lowest BCUT2D eigenvalue weighted by Crippen LogP contribution is -2.58. The van der Waals surface area contributed by atoms with Crippen LogP contribution < -0.4 is 10.2 Å². The van der Waals surface area contributed by atoms with Gasteiger partial charge in [0.25, 0.3) is 0 Å². The van der Waals surface area contributed by atoms with Crippen molar-refractivity contribution in [3.8, 4) is 0 Å². The highest BCUT2D eigenvalue weighted by Crippen LogP contribution is 2.39. The van der Waals surface area contributed by atoms with Gasteiger partial charge in [-0.15, -0.1) is 0 Å². The van der Waals surface area contributed by atoms with Gasteiger partial charge in [-0.25, -0.2) is 0 Å². The highest BCUT2D eigenvalue weighted by Gasteiger charge is 2.46. The lowest BCUT2D eigenvalue weighted by molar-refractivity contribution is -0.151. The third kappa shape index (κ3) is 3.00. The number of benzene rings is 1. The van der Waals surface area contributed by atoms with Gasteiger partial charge in [-0.05, 0) is 12.1 Å². The number of nitrogens with one attached hydrogen (secondary N) is 1. The summed E-state index contributed by atoms with van der Waals surface area (Å²) in [5, 5.41) is 2.56. The molecule has 1 heterocycles. The Morgan fingerprint density at radius 2 is 1.70 bits per heavy atom. The summed E-state index contributed by atoms with van der Waals surface area (Å²) in [5.41, 5.74) is -1.47. The zero-order chi connectivity index (χ0) is 15.0. The fourth-order valence-electron chi connectivity index (χ4n) is 2.25. The third-order valence-corrected chi connectivity index (χ3v) is 3.14. The number of alkyl halides is 6. The third-order valence-electron chi connectivity index (χ3n) is 3.14. The number of anilines is 1. The van der Waals surface area contributed by atoms with E-state index < -0.39 is 36.2 Å². The van der Waals surface area contributed by atoms with E-state index in [4.69, 9.17) is 0 Å². The van der Waals surface area contributed by atoms with E-state index in [1.54, 1.807) is 0 Å². The minimum absolute atomic E-state index is 0.128. The number of rotatable bonds is 1. The molecule has 0 radical (unpaired) electrons. The van der Waals surface area contributed by atoms with Crippen LogP contribution in [0.15, 0.2) is 24.3 Å². The molecule has 1 atom stereocenters. The normalized spacial score (nSPS) is 21.1. The van der Waals surface area contributed by atoms with E-state index in [0.717, 1.165) is 23.1 Å². The molecule has 1 unspecified atom stereocenters. The van der Waals surface area contributed by atoms with Gasteiger partial charge in [0.15, 0.2) is 0 Å². The van der Waals surface area contributed by atoms with Crippen molar-refractivity contribution in [3.05, 3.63) is 29.8 Å². The van der Waals surface area contributed by atoms with Gasteiger partial charge in [0.1, 0.15) is 6.04 Å². The van der Waals surface area contributed by atoms with Crippen molar-refractivity contribution in [3.63, 3.8) is 0 Å². The monoisotopic (exact) mass is 298 g/mol. The van der Waals surface area contributed by atoms with E-state index in [2.05, 4.69) is 5.32 Å². The van der Waals surface area contributed by atoms with Crippen molar-refractivity contribution in [2.45, 2.75) is 18.4 Å². The van der Waals surface area contributed by atoms with Crippen LogP contribution in [0.2, 0.25) is 0 Å². The molecule has 1 saturated heterocycles. The molecule has 0 aliphatic carbocycles. The van der Waals surface area contributed by atoms with Crippen LogP contribution in [0.25, 0.3) is 0 Å². The summed E-state index contributed by atoms with van der Waals surface area (Å²) < 4.78 is 77.5. The number of hydrogen-bond acceptors (Lipinski definition) is 2. The fraction of sp³-hybridized carbons (Fsp3) is 0.500. The van der Waals surface area contributed by atoms with Crippen molar-refractivity contribution >= 4 is 5.69 Å². The average molecular weight is 298 g/mol. The maximum absolute atomic E-state index is 12.9. The molecule has 0 aromatic heterocycles. The van der Waals surface area contributed by atoms with E-state index in [1.807, 2.05) is 0 Å². The van der Waals surface area contributed by atoms with E-state index >= 15 is 0 Å². The van der Waals surface area contributed by atoms with Gasteiger partial charge in [-0.1, -0.05) is 12.1 Å². The molecule has 0 saturated carbocycles. The van der Waals surface area contributed by atoms with Crippen molar-refractivity contribution in [1.29, 1.82) is 0 Å². The summed E-state index contributed by atoms with van der Waals surface area (Å²) in [5.74, 6) is 0. The first-order chi connectivity index (χ1) is 9.21. The largest absolute Gasteiger partial charge is 0.418 e. The van der Waals surface area contributed by atoms with Gasteiger partial charge in [0, 0.05) is 25.3 Å². The van der Waals surface area contributed by atoms with Crippen LogP contribution in [0.4, 0.5) is 32.0 Å². The topological polar surface area (TPSA) is 15.3 Å². The summed E-state index contributed by atoms with van der Waals surface area (Å²) in [6.07, 6.45) is -9.27. The van der Waals surface area contributed by atoms with Gasteiger partial charge < -0.3 is 10.2 Å². The summed E-state index contributed by atoms with van der Waals surface area (Å²) >= 11 is 0. The van der Waals surface area contributed by atoms with Crippen LogP contribution in [-0.2, 0) is 6.18 Å². The molecule has 1 aliphatic rings. The second-order valence-corrected chi connectivity index (χ2v) is 4.47. The molecule has 0 amide bonds. The number of para-hydroxylation sites is 1. The van der Waals surface area contributed by atoms with Gasteiger partial charge in [-0.3, -0.25) is 0 Å². The van der Waals surface area contributed by atoms with Gasteiger partial charge in [-0.2, -0.15) is 26.3 Å². The summed E-state index contributed by atoms with van der Waals surface area (Å²) in [6.45, 7) is -0.342. The van der Waals surface area contributed by atoms with Crippen LogP contribution in [-0.4, -0.2) is 31.9 Å². The molecular weight excluding hydrogens is 286 g/mol. The maximum atomic E-state index is 12.9. The van der Waals surface area contributed by atoms with Crippen LogP contribution in [0, 0.1) is 0 Å². The SMILES string of the molecule is FC(F)(F)c1ccccc1N1CCNCC1C(F)(F)F. The van der Waals surface area contributed by atoms with Crippen molar-refractivity contribution < 1.29 is 26.3 Å². The van der Waals surface area contributed by atoms with Crippen LogP contribution in [0.5, 0.6) is 0 Å². The standard InChI is InChI=1S/C12H12F6N2/c13-11(14,15)8-3-1-2-4-9(8)20-6-5-19-7-10(20)12(16,17)18/h1-4,10,19H,5-7H2. The Labute approximate surface area is 111 Å². The number of nitrogens with zero attached hydrogens (tertiary/aromatic N) is 1. The summed E-state index contributed by atoms with van der Waals surface area (Å²) in [6, 6.07) is 2.38. The van der Waals surface area contributed by atoms with E-state index in [-0.39, 0.29) is 13.1 Å². The Bertz CT molecular complexity index is 468. The predicted molar refractivity (Wildman–Crippen MR) is 61.5 cm³/mol. The fourth-order valence-corrected chi connectivity index (χ4v) is 2.25. The molecule has 1 aromatic rings. The first kappa shape index (κ1) is 15.0. The van der Waals surface area contributed by atoms with Crippen LogP contribution in [0.1, 0.15) is 5.56 Å². The molecule has 112 valence electrons. The number of hydrogen-bond donors (Lipinski definition) is 1. The zero-order valence-electron chi connectivity index (χ0n) is 10.2. The lowest BCUT2D eigenvalue weighted by Gasteiger charge is -2.39. The second-order valence-electron chi connectivity index (χ2n) is 4.47. The molecule has 2 nitrogen and oxygen atoms in total. The van der Waals surface area contributed by atoms with E-state index in [9.17, 15) is 26.3 Å². The van der Waals surface area contributed by atoms with Crippen molar-refractivity contribution in [2.75, 3.05) is 24.5 Å².